The molecule has 0 aliphatic carbocycles. The average molecular weight is 577 g/mol. The van der Waals surface area contributed by atoms with E-state index in [0.29, 0.717) is 0 Å². The molecule has 0 amide bonds. The summed E-state index contributed by atoms with van der Waals surface area (Å²) in [5.74, 6) is 1.83. The quantitative estimate of drug-likeness (QED) is 0.0630. The predicted octanol–water partition coefficient (Wildman–Crippen LogP) is 11.4. The Bertz CT molecular complexity index is 731. The summed E-state index contributed by atoms with van der Waals surface area (Å²) in [5, 5.41) is 0. The number of unbranched alkanes of at least 4 members (excludes halogenated alkanes) is 14. The Morgan fingerprint density at radius 1 is 0.436 bits per heavy atom. The van der Waals surface area contributed by atoms with Gasteiger partial charge in [0.2, 0.25) is 0 Å². The van der Waals surface area contributed by atoms with Crippen molar-refractivity contribution < 1.29 is 17.8 Å². The zero-order valence-electron chi connectivity index (χ0n) is 24.5. The van der Waals surface area contributed by atoms with Gasteiger partial charge in [0.15, 0.2) is 6.79 Å². The number of benzene rings is 2. The summed E-state index contributed by atoms with van der Waals surface area (Å²) in [6, 6.07) is 16.1. The highest BCUT2D eigenvalue weighted by molar-refractivity contribution is 7.95. The molecule has 0 radical (unpaired) electrons. The van der Waals surface area contributed by atoms with Crippen molar-refractivity contribution in [3.05, 3.63) is 48.5 Å². The molecule has 0 atom stereocenters. The van der Waals surface area contributed by atoms with Gasteiger partial charge >= 0.3 is 0 Å². The van der Waals surface area contributed by atoms with E-state index in [4.69, 9.17) is 17.8 Å². The van der Waals surface area contributed by atoms with E-state index in [9.17, 15) is 0 Å². The molecule has 0 N–H and O–H groups in total. The van der Waals surface area contributed by atoms with Crippen LogP contribution in [0.3, 0.4) is 0 Å². The zero-order valence-corrected chi connectivity index (χ0v) is 26.1. The van der Waals surface area contributed by atoms with Crippen LogP contribution in [0.15, 0.2) is 58.3 Å². The van der Waals surface area contributed by atoms with Crippen LogP contribution in [0, 0.1) is 0 Å². The maximum absolute atomic E-state index is 5.87. The molecule has 0 spiro atoms. The SMILES string of the molecule is CCCCCCCCCCOc1ccc(SOCOSc2ccc(OCCCCCCCCCC)cc2)cc1. The standard InChI is InChI=1S/C33H52O4S2/c1-3-5-7-9-11-13-15-17-27-34-30-19-23-32(24-20-30)38-36-29-37-39-33-25-21-31(22-26-33)35-28-18-16-14-12-10-8-6-4-2/h19-26H,3-18,27-29H2,1-2H3. The molecule has 0 aliphatic rings. The Balaban J connectivity index is 1.44. The largest absolute Gasteiger partial charge is 0.494 e. The summed E-state index contributed by atoms with van der Waals surface area (Å²) in [4.78, 5) is 2.06. The predicted molar refractivity (Wildman–Crippen MR) is 168 cm³/mol. The average Bonchev–Trinajstić information content (AvgIpc) is 2.96. The van der Waals surface area contributed by atoms with Gasteiger partial charge in [0.1, 0.15) is 11.5 Å². The van der Waals surface area contributed by atoms with Crippen LogP contribution >= 0.6 is 24.1 Å². The van der Waals surface area contributed by atoms with Crippen LogP contribution in [0.25, 0.3) is 0 Å². The molecular weight excluding hydrogens is 524 g/mol. The summed E-state index contributed by atoms with van der Waals surface area (Å²) >= 11 is 2.63. The molecular formula is C33H52O4S2. The zero-order chi connectivity index (χ0) is 27.6. The second kappa shape index (κ2) is 24.5. The normalized spacial score (nSPS) is 11.1. The number of hydrogen-bond donors (Lipinski definition) is 0. The Labute approximate surface area is 247 Å². The fourth-order valence-corrected chi connectivity index (χ4v) is 5.26. The molecule has 0 heterocycles. The monoisotopic (exact) mass is 576 g/mol. The minimum Gasteiger partial charge on any atom is -0.494 e. The minimum atomic E-state index is 0.197. The van der Waals surface area contributed by atoms with Crippen LogP contribution < -0.4 is 9.47 Å². The van der Waals surface area contributed by atoms with E-state index in [2.05, 4.69) is 13.8 Å². The summed E-state index contributed by atoms with van der Waals surface area (Å²) in [6.07, 6.45) is 21.0. The molecule has 2 aromatic rings. The minimum absolute atomic E-state index is 0.197. The molecule has 6 heteroatoms. The van der Waals surface area contributed by atoms with Crippen molar-refractivity contribution in [1.82, 2.24) is 0 Å². The fourth-order valence-electron chi connectivity index (χ4n) is 4.24. The van der Waals surface area contributed by atoms with Gasteiger partial charge in [-0.2, -0.15) is 0 Å². The molecule has 0 fully saturated rings. The van der Waals surface area contributed by atoms with Gasteiger partial charge in [-0.25, -0.2) is 0 Å². The van der Waals surface area contributed by atoms with Crippen molar-refractivity contribution in [2.75, 3.05) is 20.0 Å². The van der Waals surface area contributed by atoms with E-state index < -0.39 is 0 Å². The van der Waals surface area contributed by atoms with Crippen LogP contribution in [-0.2, 0) is 8.37 Å². The second-order valence-electron chi connectivity index (χ2n) is 10.1. The Hall–Kier alpha value is -1.34. The molecule has 0 saturated heterocycles. The van der Waals surface area contributed by atoms with Gasteiger partial charge in [-0.15, -0.1) is 0 Å². The van der Waals surface area contributed by atoms with E-state index in [1.165, 1.54) is 114 Å². The maximum Gasteiger partial charge on any atom is 0.174 e. The first-order chi connectivity index (χ1) is 19.3. The Morgan fingerprint density at radius 3 is 1.13 bits per heavy atom. The van der Waals surface area contributed by atoms with Gasteiger partial charge in [0.25, 0.3) is 0 Å². The lowest BCUT2D eigenvalue weighted by Gasteiger charge is -2.08. The van der Waals surface area contributed by atoms with Crippen molar-refractivity contribution in [3.8, 4) is 11.5 Å². The third kappa shape index (κ3) is 18.6. The van der Waals surface area contributed by atoms with Gasteiger partial charge in [0, 0.05) is 33.9 Å². The first-order valence-corrected chi connectivity index (χ1v) is 16.8. The van der Waals surface area contributed by atoms with Crippen molar-refractivity contribution in [2.24, 2.45) is 0 Å². The lowest BCUT2D eigenvalue weighted by molar-refractivity contribution is 0.168. The topological polar surface area (TPSA) is 36.9 Å². The maximum atomic E-state index is 5.87. The third-order valence-electron chi connectivity index (χ3n) is 6.59. The van der Waals surface area contributed by atoms with Crippen LogP contribution in [0.5, 0.6) is 11.5 Å². The smallest absolute Gasteiger partial charge is 0.174 e. The molecule has 0 bridgehead atoms. The highest BCUT2D eigenvalue weighted by Gasteiger charge is 2.01. The van der Waals surface area contributed by atoms with Crippen molar-refractivity contribution >= 4 is 24.1 Å². The van der Waals surface area contributed by atoms with Gasteiger partial charge < -0.3 is 9.47 Å². The molecule has 0 aromatic heterocycles. The molecule has 2 rings (SSSR count). The van der Waals surface area contributed by atoms with Gasteiger partial charge in [0.05, 0.1) is 13.2 Å². The van der Waals surface area contributed by atoms with Crippen molar-refractivity contribution in [3.63, 3.8) is 0 Å². The lowest BCUT2D eigenvalue weighted by atomic mass is 10.1. The molecule has 220 valence electrons. The fraction of sp³-hybridized carbons (Fsp3) is 0.636. The third-order valence-corrected chi connectivity index (χ3v) is 7.94. The van der Waals surface area contributed by atoms with Gasteiger partial charge in [-0.05, 0) is 61.4 Å². The molecule has 4 nitrogen and oxygen atoms in total. The summed E-state index contributed by atoms with van der Waals surface area (Å²) in [6.45, 7) is 6.30. The van der Waals surface area contributed by atoms with E-state index >= 15 is 0 Å². The first kappa shape index (κ1) is 33.9. The van der Waals surface area contributed by atoms with Crippen molar-refractivity contribution in [1.29, 1.82) is 0 Å². The highest BCUT2D eigenvalue weighted by atomic mass is 32.2. The number of hydrogen-bond acceptors (Lipinski definition) is 6. The number of rotatable bonds is 26. The van der Waals surface area contributed by atoms with Crippen LogP contribution in [0.2, 0.25) is 0 Å². The number of ether oxygens (including phenoxy) is 2. The van der Waals surface area contributed by atoms with Crippen LogP contribution in [0.4, 0.5) is 0 Å². The summed E-state index contributed by atoms with van der Waals surface area (Å²) in [7, 11) is 0. The summed E-state index contributed by atoms with van der Waals surface area (Å²) < 4.78 is 22.9. The van der Waals surface area contributed by atoms with Gasteiger partial charge in [-0.3, -0.25) is 8.37 Å². The Kier molecular flexibility index (Phi) is 21.2. The van der Waals surface area contributed by atoms with E-state index in [-0.39, 0.29) is 6.79 Å². The van der Waals surface area contributed by atoms with E-state index in [0.717, 1.165) is 47.3 Å². The molecule has 0 saturated carbocycles. The van der Waals surface area contributed by atoms with E-state index in [1.54, 1.807) is 0 Å². The second-order valence-corrected chi connectivity index (χ2v) is 11.9. The van der Waals surface area contributed by atoms with Crippen LogP contribution in [-0.4, -0.2) is 20.0 Å². The Morgan fingerprint density at radius 2 is 0.769 bits per heavy atom. The highest BCUT2D eigenvalue weighted by Crippen LogP contribution is 2.26. The first-order valence-electron chi connectivity index (χ1n) is 15.4. The van der Waals surface area contributed by atoms with Gasteiger partial charge in [-0.1, -0.05) is 104 Å². The molecule has 2 aromatic carbocycles. The van der Waals surface area contributed by atoms with Crippen molar-refractivity contribution in [2.45, 2.75) is 126 Å². The van der Waals surface area contributed by atoms with E-state index in [1.807, 2.05) is 48.5 Å². The molecule has 39 heavy (non-hydrogen) atoms. The lowest BCUT2D eigenvalue weighted by Crippen LogP contribution is -1.97. The van der Waals surface area contributed by atoms with Crippen LogP contribution in [0.1, 0.15) is 117 Å². The summed E-state index contributed by atoms with van der Waals surface area (Å²) in [5.41, 5.74) is 0. The molecule has 0 unspecified atom stereocenters. The molecule has 0 aliphatic heterocycles.